The minimum Gasteiger partial charge on any atom is -0.508 e. The Bertz CT molecular complexity index is 945. The van der Waals surface area contributed by atoms with E-state index in [0.717, 1.165) is 20.8 Å². The van der Waals surface area contributed by atoms with Gasteiger partial charge in [0.25, 0.3) is 0 Å². The largest absolute Gasteiger partial charge is 0.508 e. The summed E-state index contributed by atoms with van der Waals surface area (Å²) in [4.78, 5) is 46.9. The molecule has 200 valence electrons. The molecule has 2 rings (SSSR count). The van der Waals surface area contributed by atoms with Gasteiger partial charge < -0.3 is 38.6 Å². The van der Waals surface area contributed by atoms with E-state index in [2.05, 4.69) is 0 Å². The number of carbonyl (C=O) groups is 4. The summed E-state index contributed by atoms with van der Waals surface area (Å²) in [7, 11) is 0. The van der Waals surface area contributed by atoms with Crippen LogP contribution in [0.1, 0.15) is 46.6 Å². The van der Waals surface area contributed by atoms with Crippen molar-refractivity contribution in [1.82, 2.24) is 0 Å². The topological polar surface area (TPSA) is 164 Å². The predicted octanol–water partition coefficient (Wildman–Crippen LogP) is 1.52. The minimum atomic E-state index is -1.32. The zero-order chi connectivity index (χ0) is 27.0. The summed E-state index contributed by atoms with van der Waals surface area (Å²) in [6, 6.07) is 4.24. The number of ether oxygens (including phenoxy) is 6. The molecule has 1 aliphatic rings. The fourth-order valence-electron chi connectivity index (χ4n) is 3.72. The fourth-order valence-corrected chi connectivity index (χ4v) is 3.72. The average Bonchev–Trinajstić information content (AvgIpc) is 2.75. The van der Waals surface area contributed by atoms with E-state index < -0.39 is 60.7 Å². The molecular formula is C24H32O12. The molecule has 0 aromatic heterocycles. The second kappa shape index (κ2) is 13.1. The maximum Gasteiger partial charge on any atom is 0.303 e. The molecule has 36 heavy (non-hydrogen) atoms. The van der Waals surface area contributed by atoms with E-state index in [0.29, 0.717) is 18.4 Å². The van der Waals surface area contributed by atoms with Crippen molar-refractivity contribution >= 4 is 23.9 Å². The van der Waals surface area contributed by atoms with Crippen LogP contribution in [0.15, 0.2) is 18.2 Å². The molecule has 0 spiro atoms. The maximum absolute atomic E-state index is 11.9. The first-order valence-corrected chi connectivity index (χ1v) is 11.3. The van der Waals surface area contributed by atoms with Gasteiger partial charge in [-0.15, -0.1) is 0 Å². The number of aromatic hydroxyl groups is 2. The van der Waals surface area contributed by atoms with Crippen molar-refractivity contribution in [1.29, 1.82) is 0 Å². The maximum atomic E-state index is 11.9. The normalized spacial score (nSPS) is 24.3. The Hall–Kier alpha value is -3.38. The molecule has 0 amide bonds. The lowest BCUT2D eigenvalue weighted by Gasteiger charge is -2.44. The van der Waals surface area contributed by atoms with Crippen LogP contribution < -0.4 is 0 Å². The molecule has 0 radical (unpaired) electrons. The summed E-state index contributed by atoms with van der Waals surface area (Å²) in [6.45, 7) is 5.96. The van der Waals surface area contributed by atoms with Crippen LogP contribution in [0.25, 0.3) is 0 Å². The molecule has 0 bridgehead atoms. The Kier molecular flexibility index (Phi) is 10.5. The highest BCUT2D eigenvalue weighted by Crippen LogP contribution is 2.31. The van der Waals surface area contributed by atoms with Gasteiger partial charge >= 0.3 is 23.9 Å². The SMILES string of the molecule is CC(=O)OC[C@H]1O[C@@H](OC(C)CCc2ccc(O)cc2O)[C@H](OC(C)=O)[C@@H](OC(C)=O)[C@@H]1OC(C)=O. The lowest BCUT2D eigenvalue weighted by atomic mass is 9.98. The number of hydrogen-bond acceptors (Lipinski definition) is 12. The molecule has 6 atom stereocenters. The molecule has 12 nitrogen and oxygen atoms in total. The zero-order valence-electron chi connectivity index (χ0n) is 20.8. The van der Waals surface area contributed by atoms with Crippen molar-refractivity contribution in [2.75, 3.05) is 6.61 Å². The zero-order valence-corrected chi connectivity index (χ0v) is 20.8. The van der Waals surface area contributed by atoms with Crippen LogP contribution in [0.3, 0.4) is 0 Å². The second-order valence-electron chi connectivity index (χ2n) is 8.37. The first-order chi connectivity index (χ1) is 16.9. The molecule has 1 fully saturated rings. The van der Waals surface area contributed by atoms with Crippen molar-refractivity contribution in [2.24, 2.45) is 0 Å². The Morgan fingerprint density at radius 2 is 1.47 bits per heavy atom. The fraction of sp³-hybridized carbons (Fsp3) is 0.583. The van der Waals surface area contributed by atoms with Crippen LogP contribution in [0.2, 0.25) is 0 Å². The third-order valence-corrected chi connectivity index (χ3v) is 5.20. The molecule has 1 unspecified atom stereocenters. The number of rotatable bonds is 10. The second-order valence-corrected chi connectivity index (χ2v) is 8.37. The van der Waals surface area contributed by atoms with Gasteiger partial charge in [0.05, 0.1) is 6.10 Å². The van der Waals surface area contributed by atoms with E-state index in [1.165, 1.54) is 19.1 Å². The molecule has 1 aromatic carbocycles. The predicted molar refractivity (Wildman–Crippen MR) is 121 cm³/mol. The number of benzene rings is 1. The van der Waals surface area contributed by atoms with Gasteiger partial charge in [0, 0.05) is 33.8 Å². The lowest BCUT2D eigenvalue weighted by Crippen LogP contribution is -2.63. The van der Waals surface area contributed by atoms with Gasteiger partial charge in [-0.05, 0) is 31.4 Å². The van der Waals surface area contributed by atoms with Crippen LogP contribution >= 0.6 is 0 Å². The lowest BCUT2D eigenvalue weighted by molar-refractivity contribution is -0.316. The Morgan fingerprint density at radius 3 is 2.03 bits per heavy atom. The standard InChI is InChI=1S/C24H32O12/c1-12(6-7-17-8-9-18(29)10-19(17)30)32-24-23(35-16(5)28)22(34-15(4)27)21(33-14(3)26)20(36-24)11-31-13(2)25/h8-10,12,20-24,29-30H,6-7,11H2,1-5H3/t12?,20-,21-,22+,23-,24-/m1/s1. The van der Waals surface area contributed by atoms with Crippen LogP contribution in [-0.4, -0.2) is 77.5 Å². The number of carbonyl (C=O) groups excluding carboxylic acids is 4. The molecular weight excluding hydrogens is 480 g/mol. The van der Waals surface area contributed by atoms with Crippen molar-refractivity contribution in [2.45, 2.75) is 84.3 Å². The molecule has 0 aliphatic carbocycles. The van der Waals surface area contributed by atoms with Crippen LogP contribution in [0, 0.1) is 0 Å². The quantitative estimate of drug-likeness (QED) is 0.343. The summed E-state index contributed by atoms with van der Waals surface area (Å²) < 4.78 is 33.0. The van der Waals surface area contributed by atoms with Gasteiger partial charge in [0.2, 0.25) is 0 Å². The van der Waals surface area contributed by atoms with E-state index >= 15 is 0 Å². The highest BCUT2D eigenvalue weighted by atomic mass is 16.7. The van der Waals surface area contributed by atoms with Crippen molar-refractivity contribution in [3.63, 3.8) is 0 Å². The van der Waals surface area contributed by atoms with Crippen LogP contribution in [0.4, 0.5) is 0 Å². The molecule has 1 aliphatic heterocycles. The summed E-state index contributed by atoms with van der Waals surface area (Å²) in [5.41, 5.74) is 0.574. The minimum absolute atomic E-state index is 0.0713. The number of hydrogen-bond donors (Lipinski definition) is 2. The van der Waals surface area contributed by atoms with E-state index in [-0.39, 0.29) is 18.1 Å². The molecule has 0 saturated carbocycles. The molecule has 1 heterocycles. The number of phenols is 2. The monoisotopic (exact) mass is 512 g/mol. The number of phenolic OH excluding ortho intramolecular Hbond substituents is 2. The van der Waals surface area contributed by atoms with Gasteiger partial charge in [0.15, 0.2) is 24.6 Å². The number of esters is 4. The van der Waals surface area contributed by atoms with Gasteiger partial charge in [-0.3, -0.25) is 19.2 Å². The third-order valence-electron chi connectivity index (χ3n) is 5.20. The first-order valence-electron chi connectivity index (χ1n) is 11.3. The van der Waals surface area contributed by atoms with Gasteiger partial charge in [-0.1, -0.05) is 6.07 Å². The summed E-state index contributed by atoms with van der Waals surface area (Å²) in [5, 5.41) is 19.5. The van der Waals surface area contributed by atoms with Gasteiger partial charge in [-0.2, -0.15) is 0 Å². The number of aryl methyl sites for hydroxylation is 1. The summed E-state index contributed by atoms with van der Waals surface area (Å²) >= 11 is 0. The van der Waals surface area contributed by atoms with E-state index in [1.54, 1.807) is 13.0 Å². The highest BCUT2D eigenvalue weighted by molar-refractivity contribution is 5.68. The highest BCUT2D eigenvalue weighted by Gasteiger charge is 2.53. The van der Waals surface area contributed by atoms with E-state index in [4.69, 9.17) is 28.4 Å². The molecule has 1 aromatic rings. The van der Waals surface area contributed by atoms with Crippen molar-refractivity contribution < 1.29 is 57.8 Å². The summed E-state index contributed by atoms with van der Waals surface area (Å²) in [6.07, 6.45) is -6.06. The van der Waals surface area contributed by atoms with E-state index in [1.807, 2.05) is 0 Å². The Balaban J connectivity index is 2.29. The molecule has 2 N–H and O–H groups in total. The third kappa shape index (κ3) is 8.68. The first kappa shape index (κ1) is 28.9. The van der Waals surface area contributed by atoms with Crippen LogP contribution in [-0.2, 0) is 54.0 Å². The van der Waals surface area contributed by atoms with Crippen molar-refractivity contribution in [3.05, 3.63) is 23.8 Å². The van der Waals surface area contributed by atoms with Crippen LogP contribution in [0.5, 0.6) is 11.5 Å². The van der Waals surface area contributed by atoms with Crippen molar-refractivity contribution in [3.8, 4) is 11.5 Å². The smallest absolute Gasteiger partial charge is 0.303 e. The van der Waals surface area contributed by atoms with E-state index in [9.17, 15) is 29.4 Å². The summed E-state index contributed by atoms with van der Waals surface area (Å²) in [5.74, 6) is -2.96. The molecule has 1 saturated heterocycles. The Morgan fingerprint density at radius 1 is 0.889 bits per heavy atom. The van der Waals surface area contributed by atoms with Gasteiger partial charge in [0.1, 0.15) is 24.2 Å². The Labute approximate surface area is 208 Å². The van der Waals surface area contributed by atoms with Gasteiger partial charge in [-0.25, -0.2) is 0 Å². The average molecular weight is 513 g/mol. The molecule has 12 heteroatoms.